The summed E-state index contributed by atoms with van der Waals surface area (Å²) in [5.41, 5.74) is 0. The Hall–Kier alpha value is -0.770. The summed E-state index contributed by atoms with van der Waals surface area (Å²) in [7, 11) is 0. The van der Waals surface area contributed by atoms with Crippen LogP contribution < -0.4 is 0 Å². The quantitative estimate of drug-likeness (QED) is 0.618. The van der Waals surface area contributed by atoms with E-state index in [1.807, 2.05) is 0 Å². The molecule has 11 heavy (non-hydrogen) atoms. The third kappa shape index (κ3) is 7.12. The number of hydrogen-bond acceptors (Lipinski definition) is 2. The van der Waals surface area contributed by atoms with Crippen LogP contribution in [0, 0.1) is 0 Å². The average Bonchev–Trinajstić information content (AvgIpc) is 1.82. The van der Waals surface area contributed by atoms with Crippen LogP contribution in [0.15, 0.2) is 0 Å². The Kier molecular flexibility index (Phi) is 4.61. The second-order valence-electron chi connectivity index (χ2n) is 2.13. The fourth-order valence-electron chi connectivity index (χ4n) is 0.572. The van der Waals surface area contributed by atoms with Crippen molar-refractivity contribution in [3.8, 4) is 0 Å². The van der Waals surface area contributed by atoms with Crippen molar-refractivity contribution in [2.75, 3.05) is 0 Å². The predicted molar refractivity (Wildman–Crippen MR) is 38.8 cm³/mol. The van der Waals surface area contributed by atoms with E-state index in [1.54, 1.807) is 0 Å². The fraction of sp³-hybridized carbons (Fsp3) is 0.667. The second-order valence-corrected chi connectivity index (χ2v) is 2.74. The number of halogens is 1. The van der Waals surface area contributed by atoms with E-state index in [2.05, 4.69) is 0 Å². The van der Waals surface area contributed by atoms with Crippen LogP contribution in [0.25, 0.3) is 0 Å². The van der Waals surface area contributed by atoms with Gasteiger partial charge in [-0.05, 0) is 6.42 Å². The third-order valence-corrected chi connectivity index (χ3v) is 1.44. The number of carboxylic acid groups (broad SMARTS) is 2. The minimum atomic E-state index is -1.00. The highest BCUT2D eigenvalue weighted by Gasteiger charge is 2.10. The number of alkyl halides is 1. The number of carboxylic acids is 2. The molecule has 2 N–H and O–H groups in total. The van der Waals surface area contributed by atoms with E-state index < -0.39 is 17.3 Å². The van der Waals surface area contributed by atoms with Gasteiger partial charge < -0.3 is 10.2 Å². The van der Waals surface area contributed by atoms with Gasteiger partial charge in [-0.1, -0.05) is 0 Å². The molecule has 0 heterocycles. The molecule has 5 heteroatoms. The summed E-state index contributed by atoms with van der Waals surface area (Å²) in [6, 6.07) is 0. The van der Waals surface area contributed by atoms with E-state index in [4.69, 9.17) is 21.8 Å². The maximum Gasteiger partial charge on any atom is 0.304 e. The van der Waals surface area contributed by atoms with E-state index in [9.17, 15) is 9.59 Å². The van der Waals surface area contributed by atoms with Gasteiger partial charge in [-0.2, -0.15) is 0 Å². The molecule has 0 aromatic heterocycles. The normalized spacial score (nSPS) is 12.5. The zero-order chi connectivity index (χ0) is 8.85. The molecule has 0 saturated heterocycles. The molecule has 0 aromatic carbocycles. The van der Waals surface area contributed by atoms with E-state index in [0.29, 0.717) is 0 Å². The average molecular weight is 181 g/mol. The van der Waals surface area contributed by atoms with Gasteiger partial charge in [0.1, 0.15) is 0 Å². The maximum atomic E-state index is 10.0. The SMILES string of the molecule is O=C(O)CCC(Cl)CC(=O)O. The zero-order valence-corrected chi connectivity index (χ0v) is 6.54. The van der Waals surface area contributed by atoms with Crippen LogP contribution in [0.3, 0.4) is 0 Å². The van der Waals surface area contributed by atoms with Crippen LogP contribution in [-0.4, -0.2) is 27.5 Å². The Morgan fingerprint density at radius 3 is 2.18 bits per heavy atom. The first-order valence-corrected chi connectivity index (χ1v) is 3.53. The molecule has 1 unspecified atom stereocenters. The molecule has 0 amide bonds. The van der Waals surface area contributed by atoms with E-state index in [-0.39, 0.29) is 19.3 Å². The first kappa shape index (κ1) is 10.2. The summed E-state index contributed by atoms with van der Waals surface area (Å²) in [6.45, 7) is 0. The van der Waals surface area contributed by atoms with Gasteiger partial charge in [0.15, 0.2) is 0 Å². The molecule has 0 fully saturated rings. The zero-order valence-electron chi connectivity index (χ0n) is 5.79. The molecular weight excluding hydrogens is 172 g/mol. The van der Waals surface area contributed by atoms with Crippen molar-refractivity contribution in [2.24, 2.45) is 0 Å². The number of hydrogen-bond donors (Lipinski definition) is 2. The summed E-state index contributed by atoms with van der Waals surface area (Å²) in [5.74, 6) is -1.96. The molecule has 0 rings (SSSR count). The minimum Gasteiger partial charge on any atom is -0.481 e. The standard InChI is InChI=1S/C6H9ClO4/c7-4(3-6(10)11)1-2-5(8)9/h4H,1-3H2,(H,8,9)(H,10,11). The lowest BCUT2D eigenvalue weighted by Gasteiger charge is -2.02. The second kappa shape index (κ2) is 4.96. The molecule has 0 aliphatic heterocycles. The number of rotatable bonds is 5. The van der Waals surface area contributed by atoms with Crippen LogP contribution in [0.5, 0.6) is 0 Å². The highest BCUT2D eigenvalue weighted by atomic mass is 35.5. The van der Waals surface area contributed by atoms with Crippen molar-refractivity contribution >= 4 is 23.5 Å². The van der Waals surface area contributed by atoms with Crippen LogP contribution in [-0.2, 0) is 9.59 Å². The van der Waals surface area contributed by atoms with E-state index in [1.165, 1.54) is 0 Å². The van der Waals surface area contributed by atoms with Crippen LogP contribution in [0.4, 0.5) is 0 Å². The van der Waals surface area contributed by atoms with Crippen molar-refractivity contribution < 1.29 is 19.8 Å². The Labute approximate surface area is 68.8 Å². The summed E-state index contributed by atoms with van der Waals surface area (Å²) < 4.78 is 0. The van der Waals surface area contributed by atoms with Crippen molar-refractivity contribution in [1.82, 2.24) is 0 Å². The van der Waals surface area contributed by atoms with Gasteiger partial charge in [-0.15, -0.1) is 11.6 Å². The number of carbonyl (C=O) groups is 2. The Balaban J connectivity index is 3.44. The Morgan fingerprint density at radius 1 is 1.27 bits per heavy atom. The van der Waals surface area contributed by atoms with Crippen LogP contribution in [0.2, 0.25) is 0 Å². The van der Waals surface area contributed by atoms with Crippen molar-refractivity contribution in [1.29, 1.82) is 0 Å². The molecule has 4 nitrogen and oxygen atoms in total. The van der Waals surface area contributed by atoms with Gasteiger partial charge in [0.25, 0.3) is 0 Å². The van der Waals surface area contributed by atoms with Gasteiger partial charge in [-0.3, -0.25) is 9.59 Å². The monoisotopic (exact) mass is 180 g/mol. The molecule has 0 spiro atoms. The lowest BCUT2D eigenvalue weighted by Crippen LogP contribution is -2.09. The first-order chi connectivity index (χ1) is 5.02. The summed E-state index contributed by atoms with van der Waals surface area (Å²) >= 11 is 5.48. The van der Waals surface area contributed by atoms with Gasteiger partial charge in [0.2, 0.25) is 0 Å². The highest BCUT2D eigenvalue weighted by Crippen LogP contribution is 2.09. The lowest BCUT2D eigenvalue weighted by atomic mass is 10.2. The summed E-state index contributed by atoms with van der Waals surface area (Å²) in [5, 5.41) is 15.8. The van der Waals surface area contributed by atoms with Crippen LogP contribution >= 0.6 is 11.6 Å². The van der Waals surface area contributed by atoms with Crippen molar-refractivity contribution in [2.45, 2.75) is 24.6 Å². The molecule has 0 aliphatic rings. The minimum absolute atomic E-state index is 0.0819. The first-order valence-electron chi connectivity index (χ1n) is 3.10. The Morgan fingerprint density at radius 2 is 1.82 bits per heavy atom. The van der Waals surface area contributed by atoms with Crippen LogP contribution in [0.1, 0.15) is 19.3 Å². The Bertz CT molecular complexity index is 157. The van der Waals surface area contributed by atoms with E-state index >= 15 is 0 Å². The van der Waals surface area contributed by atoms with Crippen molar-refractivity contribution in [3.63, 3.8) is 0 Å². The summed E-state index contributed by atoms with van der Waals surface area (Å²) in [6.07, 6.45) is -0.0700. The van der Waals surface area contributed by atoms with Gasteiger partial charge in [0.05, 0.1) is 6.42 Å². The number of aliphatic carboxylic acids is 2. The topological polar surface area (TPSA) is 74.6 Å². The van der Waals surface area contributed by atoms with E-state index in [0.717, 1.165) is 0 Å². The molecule has 0 bridgehead atoms. The fourth-order valence-corrected chi connectivity index (χ4v) is 0.813. The van der Waals surface area contributed by atoms with Gasteiger partial charge >= 0.3 is 11.9 Å². The molecular formula is C6H9ClO4. The molecule has 64 valence electrons. The molecule has 0 saturated carbocycles. The smallest absolute Gasteiger partial charge is 0.304 e. The lowest BCUT2D eigenvalue weighted by molar-refractivity contribution is -0.139. The molecule has 1 atom stereocenters. The van der Waals surface area contributed by atoms with Gasteiger partial charge in [0, 0.05) is 11.8 Å². The van der Waals surface area contributed by atoms with Gasteiger partial charge in [-0.25, -0.2) is 0 Å². The highest BCUT2D eigenvalue weighted by molar-refractivity contribution is 6.21. The van der Waals surface area contributed by atoms with Crippen molar-refractivity contribution in [3.05, 3.63) is 0 Å². The molecule has 0 aliphatic carbocycles. The molecule has 0 radical (unpaired) electrons. The summed E-state index contributed by atoms with van der Waals surface area (Å²) in [4.78, 5) is 20.0. The largest absolute Gasteiger partial charge is 0.481 e. The molecule has 0 aromatic rings. The third-order valence-electron chi connectivity index (χ3n) is 1.07. The predicted octanol–water partition coefficient (Wildman–Crippen LogP) is 0.933. The maximum absolute atomic E-state index is 10.0.